The Morgan fingerprint density at radius 3 is 2.62 bits per heavy atom. The quantitative estimate of drug-likeness (QED) is 0.565. The van der Waals surface area contributed by atoms with Crippen LogP contribution in [-0.4, -0.2) is 25.8 Å². The summed E-state index contributed by atoms with van der Waals surface area (Å²) in [5.41, 5.74) is 3.31. The topological polar surface area (TPSA) is 121 Å². The Kier molecular flexibility index (Phi) is 4.12. The highest BCUT2D eigenvalue weighted by Gasteiger charge is 2.54. The van der Waals surface area contributed by atoms with Crippen LogP contribution < -0.4 is 16.0 Å². The molecule has 3 rings (SSSR count). The lowest BCUT2D eigenvalue weighted by Gasteiger charge is -2.49. The molecule has 0 spiro atoms. The number of aliphatic hydroxyl groups is 1. The molecule has 2 unspecified atom stereocenters. The van der Waals surface area contributed by atoms with Crippen LogP contribution in [0.15, 0.2) is 39.7 Å². The van der Waals surface area contributed by atoms with E-state index in [-0.39, 0.29) is 10.2 Å². The number of rotatable bonds is 2. The van der Waals surface area contributed by atoms with Gasteiger partial charge in [-0.05, 0) is 48.8 Å². The first-order valence-electron chi connectivity index (χ1n) is 7.82. The number of fused-ring (bicyclic) bond motifs is 1. The Bertz CT molecular complexity index is 967. The average molecular weight is 424 g/mol. The number of nitro benzene ring substituents is 1. The van der Waals surface area contributed by atoms with Crippen molar-refractivity contribution in [3.05, 3.63) is 61.0 Å². The lowest BCUT2D eigenvalue weighted by atomic mass is 9.75. The number of ether oxygens (including phenoxy) is 1. The van der Waals surface area contributed by atoms with Gasteiger partial charge in [-0.25, -0.2) is 0 Å². The van der Waals surface area contributed by atoms with E-state index in [2.05, 4.69) is 15.9 Å². The van der Waals surface area contributed by atoms with E-state index < -0.39 is 27.7 Å². The standard InChI is InChI=1S/C17H18BrN3O5/c1-16(2)17(3,23)14(20-8-9(19)6-12(18)15(20)22)11-7-10(21(24)25)4-5-13(11)26-16/h4-8,14,23H,19H2,1-3H3. The van der Waals surface area contributed by atoms with Crippen LogP contribution in [0.4, 0.5) is 11.4 Å². The van der Waals surface area contributed by atoms with E-state index >= 15 is 0 Å². The zero-order valence-electron chi connectivity index (χ0n) is 14.4. The van der Waals surface area contributed by atoms with Crippen molar-refractivity contribution < 1.29 is 14.8 Å². The number of aromatic nitrogens is 1. The van der Waals surface area contributed by atoms with Gasteiger partial charge < -0.3 is 20.1 Å². The summed E-state index contributed by atoms with van der Waals surface area (Å²) in [5.74, 6) is 0.363. The van der Waals surface area contributed by atoms with E-state index in [1.165, 1.54) is 42.0 Å². The summed E-state index contributed by atoms with van der Waals surface area (Å²) < 4.78 is 7.40. The van der Waals surface area contributed by atoms with E-state index in [4.69, 9.17) is 10.5 Å². The second kappa shape index (κ2) is 5.82. The molecule has 9 heteroatoms. The zero-order chi connectivity index (χ0) is 19.4. The zero-order valence-corrected chi connectivity index (χ0v) is 16.0. The van der Waals surface area contributed by atoms with Crippen LogP contribution in [0.25, 0.3) is 0 Å². The molecule has 8 nitrogen and oxygen atoms in total. The van der Waals surface area contributed by atoms with Crippen molar-refractivity contribution in [2.75, 3.05) is 5.73 Å². The number of halogens is 1. The van der Waals surface area contributed by atoms with E-state index in [0.29, 0.717) is 17.0 Å². The second-order valence-electron chi connectivity index (χ2n) is 6.98. The Morgan fingerprint density at radius 2 is 2.00 bits per heavy atom. The van der Waals surface area contributed by atoms with Crippen molar-refractivity contribution in [3.63, 3.8) is 0 Å². The lowest BCUT2D eigenvalue weighted by Crippen LogP contribution is -2.60. The van der Waals surface area contributed by atoms with Crippen molar-refractivity contribution in [1.82, 2.24) is 4.57 Å². The number of hydrogen-bond acceptors (Lipinski definition) is 6. The number of nitrogens with zero attached hydrogens (tertiary/aromatic N) is 2. The van der Waals surface area contributed by atoms with E-state index in [1.807, 2.05) is 0 Å². The van der Waals surface area contributed by atoms with E-state index in [1.54, 1.807) is 13.8 Å². The SMILES string of the molecule is CC1(C)Oc2ccc([N+](=O)[O-])cc2C(n2cc(N)cc(Br)c2=O)C1(C)O. The predicted molar refractivity (Wildman–Crippen MR) is 99.4 cm³/mol. The number of non-ortho nitro benzene ring substituents is 1. The maximum atomic E-state index is 12.7. The Morgan fingerprint density at radius 1 is 1.35 bits per heavy atom. The number of nitrogens with two attached hydrogens (primary N) is 1. The van der Waals surface area contributed by atoms with Gasteiger partial charge in [0, 0.05) is 29.6 Å². The molecule has 0 amide bonds. The van der Waals surface area contributed by atoms with Gasteiger partial charge in [0.1, 0.15) is 17.0 Å². The molecule has 1 aromatic carbocycles. The van der Waals surface area contributed by atoms with Crippen molar-refractivity contribution in [2.45, 2.75) is 38.0 Å². The van der Waals surface area contributed by atoms with Gasteiger partial charge in [-0.15, -0.1) is 0 Å². The van der Waals surface area contributed by atoms with Crippen LogP contribution in [-0.2, 0) is 0 Å². The molecule has 2 heterocycles. The first-order valence-corrected chi connectivity index (χ1v) is 8.62. The molecule has 0 aliphatic carbocycles. The molecule has 1 aliphatic rings. The third-order valence-electron chi connectivity index (χ3n) is 4.91. The Labute approximate surface area is 157 Å². The van der Waals surface area contributed by atoms with Crippen molar-refractivity contribution in [2.24, 2.45) is 0 Å². The number of benzene rings is 1. The van der Waals surface area contributed by atoms with Crippen LogP contribution in [0.1, 0.15) is 32.4 Å². The molecular formula is C17H18BrN3O5. The number of nitro groups is 1. The fourth-order valence-electron chi connectivity index (χ4n) is 3.17. The molecule has 26 heavy (non-hydrogen) atoms. The smallest absolute Gasteiger partial charge is 0.270 e. The highest BCUT2D eigenvalue weighted by molar-refractivity contribution is 9.10. The summed E-state index contributed by atoms with van der Waals surface area (Å²) in [5, 5.41) is 22.5. The molecule has 0 saturated carbocycles. The number of hydrogen-bond donors (Lipinski definition) is 2. The minimum atomic E-state index is -1.56. The van der Waals surface area contributed by atoms with Gasteiger partial charge in [0.25, 0.3) is 11.2 Å². The van der Waals surface area contributed by atoms with Crippen LogP contribution in [0.3, 0.4) is 0 Å². The largest absolute Gasteiger partial charge is 0.484 e. The third kappa shape index (κ3) is 2.67. The summed E-state index contributed by atoms with van der Waals surface area (Å²) in [7, 11) is 0. The number of anilines is 1. The molecule has 0 saturated heterocycles. The van der Waals surface area contributed by atoms with Crippen LogP contribution in [0, 0.1) is 10.1 Å². The molecule has 1 aromatic heterocycles. The fourth-order valence-corrected chi connectivity index (χ4v) is 3.64. The third-order valence-corrected chi connectivity index (χ3v) is 5.48. The van der Waals surface area contributed by atoms with Crippen molar-refractivity contribution >= 4 is 27.3 Å². The average Bonchev–Trinajstić information content (AvgIpc) is 2.51. The molecule has 0 radical (unpaired) electrons. The Balaban J connectivity index is 2.37. The maximum absolute atomic E-state index is 12.7. The summed E-state index contributed by atoms with van der Waals surface area (Å²) in [6.45, 7) is 4.91. The summed E-state index contributed by atoms with van der Waals surface area (Å²) >= 11 is 3.17. The molecule has 2 aromatic rings. The fraction of sp³-hybridized carbons (Fsp3) is 0.353. The normalized spacial score (nSPS) is 23.8. The predicted octanol–water partition coefficient (Wildman–Crippen LogP) is 2.61. The summed E-state index contributed by atoms with van der Waals surface area (Å²) in [6.07, 6.45) is 1.41. The maximum Gasteiger partial charge on any atom is 0.270 e. The van der Waals surface area contributed by atoms with Gasteiger partial charge in [0.15, 0.2) is 0 Å². The van der Waals surface area contributed by atoms with E-state index in [9.17, 15) is 20.0 Å². The van der Waals surface area contributed by atoms with Crippen molar-refractivity contribution in [3.8, 4) is 5.75 Å². The highest BCUT2D eigenvalue weighted by atomic mass is 79.9. The number of nitrogen functional groups attached to an aromatic ring is 1. The molecule has 1 aliphatic heterocycles. The minimum absolute atomic E-state index is 0.163. The van der Waals surface area contributed by atoms with Crippen LogP contribution >= 0.6 is 15.9 Å². The van der Waals surface area contributed by atoms with Gasteiger partial charge >= 0.3 is 0 Å². The molecule has 2 atom stereocenters. The van der Waals surface area contributed by atoms with Crippen LogP contribution in [0.2, 0.25) is 0 Å². The number of pyridine rings is 1. The highest BCUT2D eigenvalue weighted by Crippen LogP contribution is 2.48. The van der Waals surface area contributed by atoms with Crippen molar-refractivity contribution in [1.29, 1.82) is 0 Å². The van der Waals surface area contributed by atoms with E-state index in [0.717, 1.165) is 0 Å². The molecule has 3 N–H and O–H groups in total. The minimum Gasteiger partial charge on any atom is -0.484 e. The first kappa shape index (κ1) is 18.4. The monoisotopic (exact) mass is 423 g/mol. The van der Waals surface area contributed by atoms with Gasteiger partial charge in [0.2, 0.25) is 0 Å². The lowest BCUT2D eigenvalue weighted by molar-refractivity contribution is -0.385. The molecule has 0 bridgehead atoms. The molecule has 0 fully saturated rings. The van der Waals surface area contributed by atoms with Gasteiger partial charge in [-0.3, -0.25) is 14.9 Å². The Hall–Kier alpha value is -2.39. The van der Waals surface area contributed by atoms with Gasteiger partial charge in [0.05, 0.1) is 15.4 Å². The van der Waals surface area contributed by atoms with Crippen LogP contribution in [0.5, 0.6) is 5.75 Å². The molecule has 138 valence electrons. The summed E-state index contributed by atoms with van der Waals surface area (Å²) in [6, 6.07) is 4.64. The second-order valence-corrected chi connectivity index (χ2v) is 7.83. The molecular weight excluding hydrogens is 406 g/mol. The van der Waals surface area contributed by atoms with Gasteiger partial charge in [-0.2, -0.15) is 0 Å². The van der Waals surface area contributed by atoms with Gasteiger partial charge in [-0.1, -0.05) is 0 Å². The first-order chi connectivity index (χ1) is 12.0. The summed E-state index contributed by atoms with van der Waals surface area (Å²) in [4.78, 5) is 23.4.